The summed E-state index contributed by atoms with van der Waals surface area (Å²) >= 11 is 0. The van der Waals surface area contributed by atoms with Crippen LogP contribution in [0.25, 0.3) is 0 Å². The first kappa shape index (κ1) is 18.5. The van der Waals surface area contributed by atoms with Crippen LogP contribution in [0.15, 0.2) is 72.8 Å². The average molecular weight is 365 g/mol. The Balaban J connectivity index is 1.73. The molecule has 1 N–H and O–H groups in total. The van der Waals surface area contributed by atoms with Crippen LogP contribution in [0.4, 0.5) is 8.78 Å². The summed E-state index contributed by atoms with van der Waals surface area (Å²) in [5.74, 6) is -1.54. The van der Waals surface area contributed by atoms with Crippen molar-refractivity contribution in [2.45, 2.75) is 6.42 Å². The van der Waals surface area contributed by atoms with Crippen LogP contribution in [-0.4, -0.2) is 18.2 Å². The summed E-state index contributed by atoms with van der Waals surface area (Å²) in [5.41, 5.74) is 1.25. The van der Waals surface area contributed by atoms with Crippen molar-refractivity contribution in [3.8, 4) is 0 Å². The highest BCUT2D eigenvalue weighted by atomic mass is 19.1. The normalized spacial score (nSPS) is 10.4. The second-order valence-corrected chi connectivity index (χ2v) is 5.98. The molecule has 136 valence electrons. The minimum atomic E-state index is -0.439. The number of carbonyl (C=O) groups excluding carboxylic acids is 2. The molecule has 0 spiro atoms. The quantitative estimate of drug-likeness (QED) is 0.667. The van der Waals surface area contributed by atoms with E-state index in [4.69, 9.17) is 0 Å². The number of hydrogen-bond donors (Lipinski definition) is 1. The molecule has 0 heterocycles. The molecule has 27 heavy (non-hydrogen) atoms. The summed E-state index contributed by atoms with van der Waals surface area (Å²) in [6.07, 6.45) is 0.340. The maximum Gasteiger partial charge on any atom is 0.252 e. The van der Waals surface area contributed by atoms with E-state index < -0.39 is 11.7 Å². The third-order valence-corrected chi connectivity index (χ3v) is 4.16. The summed E-state index contributed by atoms with van der Waals surface area (Å²) in [4.78, 5) is 25.2. The topological polar surface area (TPSA) is 46.2 Å². The van der Waals surface area contributed by atoms with E-state index in [0.29, 0.717) is 17.5 Å². The van der Waals surface area contributed by atoms with E-state index in [0.717, 1.165) is 0 Å². The number of benzene rings is 3. The van der Waals surface area contributed by atoms with E-state index in [2.05, 4.69) is 5.32 Å². The number of nitrogens with one attached hydrogen (secondary N) is 1. The number of halogens is 2. The Bertz CT molecular complexity index is 968. The molecule has 3 rings (SSSR count). The van der Waals surface area contributed by atoms with Crippen LogP contribution in [0.3, 0.4) is 0 Å². The van der Waals surface area contributed by atoms with Gasteiger partial charge >= 0.3 is 0 Å². The van der Waals surface area contributed by atoms with Crippen LogP contribution in [0.1, 0.15) is 31.8 Å². The van der Waals surface area contributed by atoms with Gasteiger partial charge in [0.15, 0.2) is 5.78 Å². The van der Waals surface area contributed by atoms with Crippen molar-refractivity contribution in [2.75, 3.05) is 6.54 Å². The fraction of sp³-hybridized carbons (Fsp3) is 0.0909. The first-order valence-corrected chi connectivity index (χ1v) is 8.47. The van der Waals surface area contributed by atoms with Gasteiger partial charge in [-0.1, -0.05) is 36.4 Å². The molecule has 0 atom stereocenters. The Morgan fingerprint density at radius 3 is 2.11 bits per heavy atom. The van der Waals surface area contributed by atoms with Crippen LogP contribution in [0.2, 0.25) is 0 Å². The maximum absolute atomic E-state index is 13.6. The number of ketones is 1. The molecular formula is C22H17F2NO2. The van der Waals surface area contributed by atoms with Gasteiger partial charge in [-0.3, -0.25) is 9.59 Å². The second kappa shape index (κ2) is 8.36. The standard InChI is InChI=1S/C22H17F2NO2/c23-17-11-9-16(10-12-17)21(26)18-6-2-3-7-19(18)22(27)25-14-13-15-5-1-4-8-20(15)24/h1-12H,13-14H2,(H,25,27). The number of hydrogen-bond acceptors (Lipinski definition) is 2. The Hall–Kier alpha value is -3.34. The lowest BCUT2D eigenvalue weighted by atomic mass is 9.98. The molecule has 0 saturated carbocycles. The van der Waals surface area contributed by atoms with Crippen molar-refractivity contribution in [3.63, 3.8) is 0 Å². The van der Waals surface area contributed by atoms with Gasteiger partial charge in [0.2, 0.25) is 0 Å². The average Bonchev–Trinajstić information content (AvgIpc) is 2.69. The molecule has 0 fully saturated rings. The monoisotopic (exact) mass is 365 g/mol. The minimum Gasteiger partial charge on any atom is -0.352 e. The van der Waals surface area contributed by atoms with Gasteiger partial charge in [-0.2, -0.15) is 0 Å². The fourth-order valence-corrected chi connectivity index (χ4v) is 2.74. The van der Waals surface area contributed by atoms with E-state index in [1.807, 2.05) is 0 Å². The van der Waals surface area contributed by atoms with Crippen LogP contribution in [0, 0.1) is 11.6 Å². The van der Waals surface area contributed by atoms with Crippen molar-refractivity contribution in [3.05, 3.63) is 107 Å². The molecule has 0 aliphatic heterocycles. The molecule has 1 amide bonds. The maximum atomic E-state index is 13.6. The summed E-state index contributed by atoms with van der Waals surface area (Å²) < 4.78 is 26.7. The van der Waals surface area contributed by atoms with Crippen molar-refractivity contribution < 1.29 is 18.4 Å². The van der Waals surface area contributed by atoms with Crippen molar-refractivity contribution in [2.24, 2.45) is 0 Å². The van der Waals surface area contributed by atoms with Crippen LogP contribution < -0.4 is 5.32 Å². The smallest absolute Gasteiger partial charge is 0.252 e. The van der Waals surface area contributed by atoms with E-state index in [9.17, 15) is 18.4 Å². The molecule has 0 bridgehead atoms. The molecule has 0 unspecified atom stereocenters. The first-order valence-electron chi connectivity index (χ1n) is 8.47. The highest BCUT2D eigenvalue weighted by Crippen LogP contribution is 2.15. The van der Waals surface area contributed by atoms with Crippen molar-refractivity contribution in [1.82, 2.24) is 5.32 Å². The van der Waals surface area contributed by atoms with Gasteiger partial charge in [0, 0.05) is 17.7 Å². The third-order valence-electron chi connectivity index (χ3n) is 4.16. The van der Waals surface area contributed by atoms with Crippen molar-refractivity contribution in [1.29, 1.82) is 0 Å². The van der Waals surface area contributed by atoms with E-state index in [1.54, 1.807) is 42.5 Å². The molecule has 3 aromatic carbocycles. The molecule has 0 saturated heterocycles. The number of amides is 1. The highest BCUT2D eigenvalue weighted by molar-refractivity contribution is 6.15. The van der Waals surface area contributed by atoms with Crippen molar-refractivity contribution >= 4 is 11.7 Å². The molecule has 0 aliphatic carbocycles. The number of carbonyl (C=O) groups is 2. The van der Waals surface area contributed by atoms with Gasteiger partial charge in [0.1, 0.15) is 11.6 Å². The highest BCUT2D eigenvalue weighted by Gasteiger charge is 2.18. The van der Waals surface area contributed by atoms with Crippen LogP contribution in [-0.2, 0) is 6.42 Å². The Labute approximate surface area is 155 Å². The molecule has 3 nitrogen and oxygen atoms in total. The lowest BCUT2D eigenvalue weighted by molar-refractivity contribution is 0.0942. The zero-order chi connectivity index (χ0) is 19.2. The van der Waals surface area contributed by atoms with E-state index in [1.165, 1.54) is 30.3 Å². The predicted molar refractivity (Wildman–Crippen MR) is 98.7 cm³/mol. The lowest BCUT2D eigenvalue weighted by Crippen LogP contribution is -2.27. The van der Waals surface area contributed by atoms with Gasteiger partial charge in [-0.25, -0.2) is 8.78 Å². The Morgan fingerprint density at radius 1 is 0.778 bits per heavy atom. The predicted octanol–water partition coefficient (Wildman–Crippen LogP) is 4.17. The molecule has 0 aliphatic rings. The minimum absolute atomic E-state index is 0.223. The molecule has 3 aromatic rings. The van der Waals surface area contributed by atoms with Gasteiger partial charge in [0.05, 0.1) is 5.56 Å². The number of rotatable bonds is 6. The van der Waals surface area contributed by atoms with Gasteiger partial charge in [-0.05, 0) is 48.4 Å². The zero-order valence-corrected chi connectivity index (χ0v) is 14.4. The Kier molecular flexibility index (Phi) is 5.71. The second-order valence-electron chi connectivity index (χ2n) is 5.98. The molecule has 5 heteroatoms. The molecule has 0 radical (unpaired) electrons. The third kappa shape index (κ3) is 4.44. The molecule has 0 aromatic heterocycles. The zero-order valence-electron chi connectivity index (χ0n) is 14.4. The summed E-state index contributed by atoms with van der Waals surface area (Å²) in [5, 5.41) is 2.71. The summed E-state index contributed by atoms with van der Waals surface area (Å²) in [6, 6.07) is 17.9. The van der Waals surface area contributed by atoms with Crippen LogP contribution >= 0.6 is 0 Å². The summed E-state index contributed by atoms with van der Waals surface area (Å²) in [6.45, 7) is 0.235. The summed E-state index contributed by atoms with van der Waals surface area (Å²) in [7, 11) is 0. The Morgan fingerprint density at radius 2 is 1.41 bits per heavy atom. The SMILES string of the molecule is O=C(NCCc1ccccc1F)c1ccccc1C(=O)c1ccc(F)cc1. The molecular weight excluding hydrogens is 348 g/mol. The largest absolute Gasteiger partial charge is 0.352 e. The first-order chi connectivity index (χ1) is 13.1. The fourth-order valence-electron chi connectivity index (χ4n) is 2.74. The lowest BCUT2D eigenvalue weighted by Gasteiger charge is -2.10. The van der Waals surface area contributed by atoms with Crippen LogP contribution in [0.5, 0.6) is 0 Å². The van der Waals surface area contributed by atoms with Gasteiger partial charge < -0.3 is 5.32 Å². The van der Waals surface area contributed by atoms with E-state index in [-0.39, 0.29) is 29.3 Å². The van der Waals surface area contributed by atoms with E-state index >= 15 is 0 Å². The van der Waals surface area contributed by atoms with Gasteiger partial charge in [-0.15, -0.1) is 0 Å². The van der Waals surface area contributed by atoms with Gasteiger partial charge in [0.25, 0.3) is 5.91 Å².